The molecule has 5 nitrogen and oxygen atoms in total. The number of carbonyl (C=O) groups excluding carboxylic acids is 1. The molecule has 1 aliphatic rings. The van der Waals surface area contributed by atoms with Crippen LogP contribution in [0, 0.1) is 6.92 Å². The smallest absolute Gasteiger partial charge is 0.341 e. The summed E-state index contributed by atoms with van der Waals surface area (Å²) in [4.78, 5) is 22.9. The van der Waals surface area contributed by atoms with E-state index in [2.05, 4.69) is 40.0 Å². The quantitative estimate of drug-likeness (QED) is 0.623. The lowest BCUT2D eigenvalue weighted by molar-refractivity contribution is 0.0339. The molecule has 1 atom stereocenters. The molecule has 4 rings (SSSR count). The summed E-state index contributed by atoms with van der Waals surface area (Å²) in [5.41, 5.74) is 4.75. The van der Waals surface area contributed by atoms with Crippen LogP contribution in [0.5, 0.6) is 0 Å². The minimum atomic E-state index is -0.323. The Bertz CT molecular complexity index is 988. The van der Waals surface area contributed by atoms with Crippen molar-refractivity contribution in [2.75, 3.05) is 19.6 Å². The highest BCUT2D eigenvalue weighted by Gasteiger charge is 2.23. The first-order valence-electron chi connectivity index (χ1n) is 10.5. The Morgan fingerprint density at radius 1 is 1.24 bits per heavy atom. The number of H-pyrrole nitrogens is 1. The SMILES string of the molecule is CCN1CCC(c2ccc3[nH]c(C)c(C(=O)O[C@@H](C)c4ccncc4)c3c2)CC1. The Labute approximate surface area is 172 Å². The van der Waals surface area contributed by atoms with E-state index in [-0.39, 0.29) is 12.1 Å². The van der Waals surface area contributed by atoms with E-state index < -0.39 is 0 Å². The third kappa shape index (κ3) is 4.06. The van der Waals surface area contributed by atoms with Gasteiger partial charge in [0.15, 0.2) is 0 Å². The summed E-state index contributed by atoms with van der Waals surface area (Å²) >= 11 is 0. The lowest BCUT2D eigenvalue weighted by Crippen LogP contribution is -2.32. The van der Waals surface area contributed by atoms with Crippen LogP contribution in [0.4, 0.5) is 0 Å². The Morgan fingerprint density at radius 2 is 1.97 bits per heavy atom. The number of hydrogen-bond donors (Lipinski definition) is 1. The van der Waals surface area contributed by atoms with E-state index in [1.807, 2.05) is 26.0 Å². The van der Waals surface area contributed by atoms with Gasteiger partial charge < -0.3 is 14.6 Å². The number of aromatic nitrogens is 2. The van der Waals surface area contributed by atoms with Crippen LogP contribution in [-0.2, 0) is 4.74 Å². The molecule has 0 saturated carbocycles. The van der Waals surface area contributed by atoms with E-state index in [0.717, 1.165) is 41.8 Å². The van der Waals surface area contributed by atoms with Gasteiger partial charge in [0.05, 0.1) is 5.56 Å². The average Bonchev–Trinajstić information content (AvgIpc) is 3.09. The topological polar surface area (TPSA) is 58.2 Å². The highest BCUT2D eigenvalue weighted by Crippen LogP contribution is 2.32. The van der Waals surface area contributed by atoms with E-state index >= 15 is 0 Å². The minimum Gasteiger partial charge on any atom is -0.454 e. The van der Waals surface area contributed by atoms with Crippen LogP contribution < -0.4 is 0 Å². The second-order valence-electron chi connectivity index (χ2n) is 7.97. The summed E-state index contributed by atoms with van der Waals surface area (Å²) in [6, 6.07) is 10.3. The van der Waals surface area contributed by atoms with Gasteiger partial charge in [-0.3, -0.25) is 4.98 Å². The number of esters is 1. The third-order valence-electron chi connectivity index (χ3n) is 6.18. The van der Waals surface area contributed by atoms with E-state index in [4.69, 9.17) is 4.74 Å². The number of fused-ring (bicyclic) bond motifs is 1. The first-order chi connectivity index (χ1) is 14.1. The largest absolute Gasteiger partial charge is 0.454 e. The van der Waals surface area contributed by atoms with Gasteiger partial charge in [0.2, 0.25) is 0 Å². The molecule has 2 aromatic heterocycles. The van der Waals surface area contributed by atoms with Crippen LogP contribution in [0.3, 0.4) is 0 Å². The fourth-order valence-corrected chi connectivity index (χ4v) is 4.37. The van der Waals surface area contributed by atoms with Crippen LogP contribution in [0.1, 0.15) is 65.9 Å². The molecule has 0 spiro atoms. The molecule has 0 amide bonds. The number of hydrogen-bond acceptors (Lipinski definition) is 4. The molecular weight excluding hydrogens is 362 g/mol. The molecule has 0 bridgehead atoms. The second-order valence-corrected chi connectivity index (χ2v) is 7.97. The highest BCUT2D eigenvalue weighted by atomic mass is 16.5. The molecule has 1 fully saturated rings. The molecule has 3 aromatic rings. The van der Waals surface area contributed by atoms with Crippen LogP contribution in [0.15, 0.2) is 42.7 Å². The molecule has 0 radical (unpaired) electrons. The van der Waals surface area contributed by atoms with Gasteiger partial charge in [-0.2, -0.15) is 0 Å². The number of benzene rings is 1. The molecule has 1 aliphatic heterocycles. The van der Waals surface area contributed by atoms with E-state index in [1.165, 1.54) is 18.4 Å². The Hall–Kier alpha value is -2.66. The molecule has 0 aliphatic carbocycles. The summed E-state index contributed by atoms with van der Waals surface area (Å²) in [6.45, 7) is 9.46. The van der Waals surface area contributed by atoms with Crippen molar-refractivity contribution >= 4 is 16.9 Å². The van der Waals surface area contributed by atoms with Gasteiger partial charge in [-0.1, -0.05) is 13.0 Å². The maximum Gasteiger partial charge on any atom is 0.341 e. The van der Waals surface area contributed by atoms with Crippen molar-refractivity contribution in [3.05, 3.63) is 65.1 Å². The summed E-state index contributed by atoms with van der Waals surface area (Å²) in [5.74, 6) is 0.271. The molecule has 3 heterocycles. The molecule has 1 N–H and O–H groups in total. The van der Waals surface area contributed by atoms with E-state index in [9.17, 15) is 4.79 Å². The molecule has 152 valence electrons. The van der Waals surface area contributed by atoms with Crippen LogP contribution in [0.25, 0.3) is 10.9 Å². The average molecular weight is 392 g/mol. The van der Waals surface area contributed by atoms with Gasteiger partial charge in [-0.05, 0) is 87.6 Å². The Balaban J connectivity index is 1.59. The number of carbonyl (C=O) groups is 1. The van der Waals surface area contributed by atoms with Crippen molar-refractivity contribution in [1.82, 2.24) is 14.9 Å². The van der Waals surface area contributed by atoms with Crippen LogP contribution >= 0.6 is 0 Å². The van der Waals surface area contributed by atoms with Crippen LogP contribution in [-0.4, -0.2) is 40.5 Å². The lowest BCUT2D eigenvalue weighted by Gasteiger charge is -2.31. The number of aromatic amines is 1. The highest BCUT2D eigenvalue weighted by molar-refractivity contribution is 6.05. The third-order valence-corrected chi connectivity index (χ3v) is 6.18. The number of aryl methyl sites for hydroxylation is 1. The molecular formula is C24H29N3O2. The maximum absolute atomic E-state index is 13.0. The molecule has 0 unspecified atom stereocenters. The lowest BCUT2D eigenvalue weighted by atomic mass is 9.88. The standard InChI is InChI=1S/C24H29N3O2/c1-4-27-13-9-19(10-14-27)20-5-6-22-21(15-20)23(16(2)26-22)24(28)29-17(3)18-7-11-25-12-8-18/h5-8,11-12,15,17,19,26H,4,9-10,13-14H2,1-3H3/t17-/m0/s1. The van der Waals surface area contributed by atoms with Crippen molar-refractivity contribution in [3.8, 4) is 0 Å². The monoisotopic (exact) mass is 391 g/mol. The summed E-state index contributed by atoms with van der Waals surface area (Å²) in [7, 11) is 0. The zero-order valence-electron chi connectivity index (χ0n) is 17.4. The zero-order valence-corrected chi connectivity index (χ0v) is 17.4. The molecule has 1 saturated heterocycles. The number of piperidine rings is 1. The fourth-order valence-electron chi connectivity index (χ4n) is 4.37. The number of likely N-dealkylation sites (tertiary alicyclic amines) is 1. The van der Waals surface area contributed by atoms with Gasteiger partial charge in [0.1, 0.15) is 6.10 Å². The summed E-state index contributed by atoms with van der Waals surface area (Å²) < 4.78 is 5.79. The molecule has 29 heavy (non-hydrogen) atoms. The van der Waals surface area contributed by atoms with Crippen molar-refractivity contribution < 1.29 is 9.53 Å². The number of pyridine rings is 1. The van der Waals surface area contributed by atoms with E-state index in [1.54, 1.807) is 12.4 Å². The molecule has 1 aromatic carbocycles. The number of ether oxygens (including phenoxy) is 1. The van der Waals surface area contributed by atoms with E-state index in [0.29, 0.717) is 11.5 Å². The first kappa shape index (κ1) is 19.6. The van der Waals surface area contributed by atoms with Crippen molar-refractivity contribution in [2.24, 2.45) is 0 Å². The summed E-state index contributed by atoms with van der Waals surface area (Å²) in [6.07, 6.45) is 5.44. The second kappa shape index (κ2) is 8.37. The number of nitrogens with one attached hydrogen (secondary N) is 1. The van der Waals surface area contributed by atoms with Gasteiger partial charge in [0.25, 0.3) is 0 Å². The summed E-state index contributed by atoms with van der Waals surface area (Å²) in [5, 5.41) is 0.963. The van der Waals surface area contributed by atoms with Crippen molar-refractivity contribution in [3.63, 3.8) is 0 Å². The predicted octanol–water partition coefficient (Wildman–Crippen LogP) is 4.99. The number of nitrogens with zero attached hydrogens (tertiary/aromatic N) is 2. The van der Waals surface area contributed by atoms with Gasteiger partial charge in [-0.15, -0.1) is 0 Å². The fraction of sp³-hybridized carbons (Fsp3) is 0.417. The van der Waals surface area contributed by atoms with Crippen molar-refractivity contribution in [1.29, 1.82) is 0 Å². The van der Waals surface area contributed by atoms with Crippen LogP contribution in [0.2, 0.25) is 0 Å². The molecule has 5 heteroatoms. The maximum atomic E-state index is 13.0. The Morgan fingerprint density at radius 3 is 2.66 bits per heavy atom. The zero-order chi connectivity index (χ0) is 20.4. The minimum absolute atomic E-state index is 0.281. The first-order valence-corrected chi connectivity index (χ1v) is 10.5. The number of rotatable bonds is 5. The Kier molecular flexibility index (Phi) is 5.67. The predicted molar refractivity (Wildman–Crippen MR) is 115 cm³/mol. The van der Waals surface area contributed by atoms with Gasteiger partial charge in [0, 0.05) is 29.0 Å². The normalized spacial score (nSPS) is 16.8. The van der Waals surface area contributed by atoms with Crippen molar-refractivity contribution in [2.45, 2.75) is 45.6 Å². The van der Waals surface area contributed by atoms with Gasteiger partial charge in [-0.25, -0.2) is 4.79 Å². The van der Waals surface area contributed by atoms with Gasteiger partial charge >= 0.3 is 5.97 Å².